The summed E-state index contributed by atoms with van der Waals surface area (Å²) in [7, 11) is 0. The molecule has 2 aromatic rings. The number of aromatic nitrogens is 1. The number of aliphatic hydroxyl groups is 1. The van der Waals surface area contributed by atoms with Gasteiger partial charge in [-0.05, 0) is 24.1 Å². The van der Waals surface area contributed by atoms with Crippen LogP contribution in [-0.2, 0) is 6.42 Å². The Bertz CT molecular complexity index is 499. The first kappa shape index (κ1) is 13.6. The fraction of sp³-hybridized carbons (Fsp3) is 0.312. The SMILES string of the molecule is CCC(O)c1ccccc1OCCc1cccnc1. The summed E-state index contributed by atoms with van der Waals surface area (Å²) in [5.74, 6) is 0.765. The first-order valence-corrected chi connectivity index (χ1v) is 6.60. The van der Waals surface area contributed by atoms with Crippen molar-refractivity contribution < 1.29 is 9.84 Å². The molecule has 2 rings (SSSR count). The van der Waals surface area contributed by atoms with Gasteiger partial charge in [-0.3, -0.25) is 4.98 Å². The average molecular weight is 257 g/mol. The molecule has 3 heteroatoms. The fourth-order valence-corrected chi connectivity index (χ4v) is 1.93. The first-order valence-electron chi connectivity index (χ1n) is 6.60. The van der Waals surface area contributed by atoms with Crippen molar-refractivity contribution in [1.82, 2.24) is 4.98 Å². The molecule has 1 heterocycles. The van der Waals surface area contributed by atoms with Crippen molar-refractivity contribution in [3.63, 3.8) is 0 Å². The molecule has 1 aromatic heterocycles. The predicted octanol–water partition coefficient (Wildman–Crippen LogP) is 3.15. The van der Waals surface area contributed by atoms with Crippen molar-refractivity contribution in [3.8, 4) is 5.75 Å². The summed E-state index contributed by atoms with van der Waals surface area (Å²) >= 11 is 0. The lowest BCUT2D eigenvalue weighted by atomic mass is 10.1. The van der Waals surface area contributed by atoms with Gasteiger partial charge in [0.1, 0.15) is 5.75 Å². The second kappa shape index (κ2) is 6.90. The molecule has 1 unspecified atom stereocenters. The minimum Gasteiger partial charge on any atom is -0.493 e. The van der Waals surface area contributed by atoms with Crippen LogP contribution in [0.4, 0.5) is 0 Å². The maximum absolute atomic E-state index is 9.94. The molecule has 0 aliphatic rings. The van der Waals surface area contributed by atoms with E-state index in [-0.39, 0.29) is 0 Å². The van der Waals surface area contributed by atoms with E-state index in [4.69, 9.17) is 4.74 Å². The zero-order valence-corrected chi connectivity index (χ0v) is 11.1. The molecule has 0 fully saturated rings. The molecule has 0 saturated carbocycles. The minimum absolute atomic E-state index is 0.463. The maximum Gasteiger partial charge on any atom is 0.125 e. The van der Waals surface area contributed by atoms with Crippen LogP contribution in [0.25, 0.3) is 0 Å². The van der Waals surface area contributed by atoms with Crippen molar-refractivity contribution in [1.29, 1.82) is 0 Å². The number of hydrogen-bond donors (Lipinski definition) is 1. The van der Waals surface area contributed by atoms with Crippen molar-refractivity contribution in [2.45, 2.75) is 25.9 Å². The van der Waals surface area contributed by atoms with E-state index in [2.05, 4.69) is 4.98 Å². The second-order valence-corrected chi connectivity index (χ2v) is 4.42. The van der Waals surface area contributed by atoms with Gasteiger partial charge in [-0.15, -0.1) is 0 Å². The molecular weight excluding hydrogens is 238 g/mol. The van der Waals surface area contributed by atoms with E-state index in [1.165, 1.54) is 0 Å². The van der Waals surface area contributed by atoms with Gasteiger partial charge in [0, 0.05) is 24.4 Å². The standard InChI is InChI=1S/C16H19NO2/c1-2-15(18)14-7-3-4-8-16(14)19-11-9-13-6-5-10-17-12-13/h3-8,10,12,15,18H,2,9,11H2,1H3. The molecule has 19 heavy (non-hydrogen) atoms. The van der Waals surface area contributed by atoms with Crippen molar-refractivity contribution in [2.24, 2.45) is 0 Å². The Labute approximate surface area is 113 Å². The summed E-state index contributed by atoms with van der Waals surface area (Å²) < 4.78 is 5.78. The monoisotopic (exact) mass is 257 g/mol. The minimum atomic E-state index is -0.463. The van der Waals surface area contributed by atoms with E-state index in [0.29, 0.717) is 13.0 Å². The van der Waals surface area contributed by atoms with Crippen LogP contribution in [0.2, 0.25) is 0 Å². The number of hydrogen-bond acceptors (Lipinski definition) is 3. The highest BCUT2D eigenvalue weighted by molar-refractivity contribution is 5.35. The number of aliphatic hydroxyl groups excluding tert-OH is 1. The highest BCUT2D eigenvalue weighted by Crippen LogP contribution is 2.26. The van der Waals surface area contributed by atoms with E-state index in [1.807, 2.05) is 49.5 Å². The van der Waals surface area contributed by atoms with E-state index in [9.17, 15) is 5.11 Å². The maximum atomic E-state index is 9.94. The number of pyridine rings is 1. The molecule has 0 saturated heterocycles. The van der Waals surface area contributed by atoms with Gasteiger partial charge in [0.05, 0.1) is 12.7 Å². The summed E-state index contributed by atoms with van der Waals surface area (Å²) in [6.45, 7) is 2.54. The summed E-state index contributed by atoms with van der Waals surface area (Å²) in [6.07, 6.45) is 4.63. The van der Waals surface area contributed by atoms with E-state index in [1.54, 1.807) is 6.20 Å². The summed E-state index contributed by atoms with van der Waals surface area (Å²) in [5, 5.41) is 9.94. The molecule has 1 aromatic carbocycles. The van der Waals surface area contributed by atoms with Gasteiger partial charge in [-0.25, -0.2) is 0 Å². The number of benzene rings is 1. The summed E-state index contributed by atoms with van der Waals surface area (Å²) in [4.78, 5) is 4.07. The third-order valence-corrected chi connectivity index (χ3v) is 3.04. The van der Waals surface area contributed by atoms with Gasteiger partial charge >= 0.3 is 0 Å². The molecular formula is C16H19NO2. The van der Waals surface area contributed by atoms with Gasteiger partial charge in [-0.1, -0.05) is 31.2 Å². The van der Waals surface area contributed by atoms with E-state index in [0.717, 1.165) is 23.3 Å². The van der Waals surface area contributed by atoms with Gasteiger partial charge in [0.2, 0.25) is 0 Å². The second-order valence-electron chi connectivity index (χ2n) is 4.42. The van der Waals surface area contributed by atoms with Gasteiger partial charge < -0.3 is 9.84 Å². The van der Waals surface area contributed by atoms with Crippen LogP contribution >= 0.6 is 0 Å². The molecule has 0 aliphatic heterocycles. The van der Waals surface area contributed by atoms with Crippen LogP contribution in [0.5, 0.6) is 5.75 Å². The molecule has 1 atom stereocenters. The van der Waals surface area contributed by atoms with Crippen LogP contribution in [0.3, 0.4) is 0 Å². The molecule has 0 spiro atoms. The number of rotatable bonds is 6. The Morgan fingerprint density at radius 3 is 2.79 bits per heavy atom. The molecule has 3 nitrogen and oxygen atoms in total. The van der Waals surface area contributed by atoms with Crippen LogP contribution in [-0.4, -0.2) is 16.7 Å². The Hall–Kier alpha value is -1.87. The Morgan fingerprint density at radius 2 is 2.05 bits per heavy atom. The zero-order valence-electron chi connectivity index (χ0n) is 11.1. The normalized spacial score (nSPS) is 12.1. The first-order chi connectivity index (χ1) is 9.31. The highest BCUT2D eigenvalue weighted by atomic mass is 16.5. The molecule has 1 N–H and O–H groups in total. The predicted molar refractivity (Wildman–Crippen MR) is 75.1 cm³/mol. The van der Waals surface area contributed by atoms with Crippen molar-refractivity contribution >= 4 is 0 Å². The Kier molecular flexibility index (Phi) is 4.93. The summed E-state index contributed by atoms with van der Waals surface area (Å²) in [6, 6.07) is 11.6. The van der Waals surface area contributed by atoms with Gasteiger partial charge in [-0.2, -0.15) is 0 Å². The largest absolute Gasteiger partial charge is 0.493 e. The average Bonchev–Trinajstić information content (AvgIpc) is 2.48. The lowest BCUT2D eigenvalue weighted by Crippen LogP contribution is -2.05. The third kappa shape index (κ3) is 3.80. The smallest absolute Gasteiger partial charge is 0.125 e. The topological polar surface area (TPSA) is 42.4 Å². The lowest BCUT2D eigenvalue weighted by molar-refractivity contribution is 0.167. The van der Waals surface area contributed by atoms with Crippen LogP contribution in [0, 0.1) is 0 Å². The molecule has 0 bridgehead atoms. The highest BCUT2D eigenvalue weighted by Gasteiger charge is 2.10. The Morgan fingerprint density at radius 1 is 1.21 bits per heavy atom. The quantitative estimate of drug-likeness (QED) is 0.864. The third-order valence-electron chi connectivity index (χ3n) is 3.04. The van der Waals surface area contributed by atoms with Crippen LogP contribution in [0.15, 0.2) is 48.8 Å². The Balaban J connectivity index is 1.96. The zero-order chi connectivity index (χ0) is 13.5. The van der Waals surface area contributed by atoms with Gasteiger partial charge in [0.25, 0.3) is 0 Å². The van der Waals surface area contributed by atoms with E-state index < -0.39 is 6.10 Å². The van der Waals surface area contributed by atoms with Crippen molar-refractivity contribution in [2.75, 3.05) is 6.61 Å². The van der Waals surface area contributed by atoms with E-state index >= 15 is 0 Å². The molecule has 0 aliphatic carbocycles. The van der Waals surface area contributed by atoms with Crippen LogP contribution in [0.1, 0.15) is 30.6 Å². The summed E-state index contributed by atoms with van der Waals surface area (Å²) in [5.41, 5.74) is 2.01. The number of ether oxygens (including phenoxy) is 1. The lowest BCUT2D eigenvalue weighted by Gasteiger charge is -2.14. The van der Waals surface area contributed by atoms with Crippen molar-refractivity contribution in [3.05, 3.63) is 59.9 Å². The molecule has 0 radical (unpaired) electrons. The number of para-hydroxylation sites is 1. The fourth-order valence-electron chi connectivity index (χ4n) is 1.93. The molecule has 0 amide bonds. The van der Waals surface area contributed by atoms with Crippen LogP contribution < -0.4 is 4.74 Å². The van der Waals surface area contributed by atoms with Gasteiger partial charge in [0.15, 0.2) is 0 Å². The number of nitrogens with zero attached hydrogens (tertiary/aromatic N) is 1. The molecule has 100 valence electrons.